The first kappa shape index (κ1) is 20.7. The van der Waals surface area contributed by atoms with E-state index >= 15 is 0 Å². The van der Waals surface area contributed by atoms with E-state index in [4.69, 9.17) is 5.73 Å². The Morgan fingerprint density at radius 1 is 1.19 bits per heavy atom. The summed E-state index contributed by atoms with van der Waals surface area (Å²) in [6.07, 6.45) is 10.8. The Hall–Kier alpha value is -1.63. The van der Waals surface area contributed by atoms with Gasteiger partial charge in [-0.25, -0.2) is 4.68 Å². The van der Waals surface area contributed by atoms with Crippen LogP contribution in [-0.2, 0) is 0 Å². The molecule has 6 nitrogen and oxygen atoms in total. The molecule has 2 aliphatic rings. The number of rotatable bonds is 3. The molecule has 3 N–H and O–H groups in total. The van der Waals surface area contributed by atoms with Crippen molar-refractivity contribution in [2.45, 2.75) is 44.2 Å². The predicted octanol–water partition coefficient (Wildman–Crippen LogP) is 2.75. The van der Waals surface area contributed by atoms with Gasteiger partial charge in [-0.2, -0.15) is 5.10 Å². The number of hydrogen-bond acceptors (Lipinski definition) is 4. The molecule has 2 fully saturated rings. The molecule has 142 valence electrons. The minimum Gasteiger partial charge on any atom is -0.347 e. The van der Waals surface area contributed by atoms with Crippen LogP contribution in [0.1, 0.15) is 42.6 Å². The van der Waals surface area contributed by atoms with Crippen LogP contribution in [0, 0.1) is 11.8 Å². The van der Waals surface area contributed by atoms with E-state index < -0.39 is 0 Å². The highest BCUT2D eigenvalue weighted by Crippen LogP contribution is 2.39. The van der Waals surface area contributed by atoms with Gasteiger partial charge in [0, 0.05) is 30.7 Å². The maximum Gasteiger partial charge on any atom is 0.270 e. The molecule has 26 heavy (non-hydrogen) atoms. The molecule has 4 rings (SSSR count). The maximum absolute atomic E-state index is 12.7. The monoisotopic (exact) mass is 397 g/mol. The molecule has 2 heterocycles. The highest BCUT2D eigenvalue weighted by Gasteiger charge is 2.40. The number of nitrogens with two attached hydrogens (primary N) is 1. The number of carbonyl (C=O) groups is 1. The molecule has 1 amide bonds. The SMILES string of the molecule is Cl.Cl.NC1CC2CCCC(C1)C2NC(=O)c1cc(-n2cccn2)ccn1. The first-order chi connectivity index (χ1) is 11.7. The summed E-state index contributed by atoms with van der Waals surface area (Å²) in [7, 11) is 0. The first-order valence-electron chi connectivity index (χ1n) is 8.73. The van der Waals surface area contributed by atoms with Crippen molar-refractivity contribution in [1.82, 2.24) is 20.1 Å². The number of nitrogens with zero attached hydrogens (tertiary/aromatic N) is 3. The molecule has 0 saturated heterocycles. The molecule has 2 aromatic rings. The Morgan fingerprint density at radius 2 is 1.92 bits per heavy atom. The van der Waals surface area contributed by atoms with Crippen molar-refractivity contribution in [1.29, 1.82) is 0 Å². The van der Waals surface area contributed by atoms with E-state index in [-0.39, 0.29) is 42.8 Å². The highest BCUT2D eigenvalue weighted by molar-refractivity contribution is 5.93. The second-order valence-electron chi connectivity index (χ2n) is 7.03. The van der Waals surface area contributed by atoms with Gasteiger partial charge in [-0.15, -0.1) is 24.8 Å². The summed E-state index contributed by atoms with van der Waals surface area (Å²) in [6.45, 7) is 0. The zero-order chi connectivity index (χ0) is 16.5. The molecule has 0 aliphatic heterocycles. The van der Waals surface area contributed by atoms with Gasteiger partial charge in [-0.05, 0) is 55.7 Å². The van der Waals surface area contributed by atoms with Crippen molar-refractivity contribution in [3.8, 4) is 5.69 Å². The van der Waals surface area contributed by atoms with Crippen molar-refractivity contribution in [3.05, 3.63) is 42.5 Å². The van der Waals surface area contributed by atoms with Gasteiger partial charge in [0.1, 0.15) is 5.69 Å². The van der Waals surface area contributed by atoms with Crippen molar-refractivity contribution in [2.75, 3.05) is 0 Å². The van der Waals surface area contributed by atoms with E-state index in [9.17, 15) is 4.79 Å². The average Bonchev–Trinajstić information content (AvgIpc) is 3.10. The molecule has 2 aliphatic carbocycles. The number of carbonyl (C=O) groups excluding carboxylic acids is 1. The van der Waals surface area contributed by atoms with Gasteiger partial charge in [0.15, 0.2) is 0 Å². The van der Waals surface area contributed by atoms with Crippen LogP contribution in [0.25, 0.3) is 5.69 Å². The van der Waals surface area contributed by atoms with Gasteiger partial charge >= 0.3 is 0 Å². The lowest BCUT2D eigenvalue weighted by molar-refractivity contribution is 0.0751. The maximum atomic E-state index is 12.7. The standard InChI is InChI=1S/C18H23N5O.2ClH/c19-14-9-12-3-1-4-13(10-14)17(12)22-18(24)16-11-15(5-7-20-16)23-8-2-6-21-23;;/h2,5-8,11-14,17H,1,3-4,9-10,19H2,(H,22,24);2*1H. The summed E-state index contributed by atoms with van der Waals surface area (Å²) in [6, 6.07) is 6.01. The Bertz CT molecular complexity index is 710. The first-order valence-corrected chi connectivity index (χ1v) is 8.73. The van der Waals surface area contributed by atoms with Gasteiger partial charge in [-0.3, -0.25) is 9.78 Å². The van der Waals surface area contributed by atoms with E-state index in [0.29, 0.717) is 17.5 Å². The third-order valence-electron chi connectivity index (χ3n) is 5.42. The zero-order valence-corrected chi connectivity index (χ0v) is 16.1. The third-order valence-corrected chi connectivity index (χ3v) is 5.42. The number of nitrogens with one attached hydrogen (secondary N) is 1. The summed E-state index contributed by atoms with van der Waals surface area (Å²) < 4.78 is 1.73. The highest BCUT2D eigenvalue weighted by atomic mass is 35.5. The predicted molar refractivity (Wildman–Crippen MR) is 105 cm³/mol. The Kier molecular flexibility index (Phi) is 7.03. The van der Waals surface area contributed by atoms with Crippen LogP contribution in [0.15, 0.2) is 36.8 Å². The molecule has 2 aromatic heterocycles. The van der Waals surface area contributed by atoms with Crippen LogP contribution in [0.2, 0.25) is 0 Å². The normalized spacial score (nSPS) is 27.0. The topological polar surface area (TPSA) is 85.8 Å². The van der Waals surface area contributed by atoms with Crippen LogP contribution < -0.4 is 11.1 Å². The summed E-state index contributed by atoms with van der Waals surface area (Å²) in [5.41, 5.74) is 7.45. The van der Waals surface area contributed by atoms with E-state index in [0.717, 1.165) is 31.4 Å². The molecule has 0 radical (unpaired) electrons. The number of halogens is 2. The van der Waals surface area contributed by atoms with Crippen molar-refractivity contribution in [3.63, 3.8) is 0 Å². The number of aromatic nitrogens is 3. The summed E-state index contributed by atoms with van der Waals surface area (Å²) in [4.78, 5) is 17.0. The third kappa shape index (κ3) is 4.19. The molecule has 8 heteroatoms. The lowest BCUT2D eigenvalue weighted by Gasteiger charge is -2.45. The molecular formula is C18H25Cl2N5O. The molecular weight excluding hydrogens is 373 g/mol. The number of pyridine rings is 1. The van der Waals surface area contributed by atoms with Gasteiger partial charge in [-0.1, -0.05) is 6.42 Å². The van der Waals surface area contributed by atoms with E-state index in [1.54, 1.807) is 23.1 Å². The molecule has 2 bridgehead atoms. The van der Waals surface area contributed by atoms with E-state index in [1.807, 2.05) is 18.3 Å². The van der Waals surface area contributed by atoms with Crippen LogP contribution in [0.5, 0.6) is 0 Å². The zero-order valence-electron chi connectivity index (χ0n) is 14.5. The van der Waals surface area contributed by atoms with Gasteiger partial charge < -0.3 is 11.1 Å². The quantitative estimate of drug-likeness (QED) is 0.833. The molecule has 0 spiro atoms. The molecule has 2 atom stereocenters. The van der Waals surface area contributed by atoms with Crippen molar-refractivity contribution in [2.24, 2.45) is 17.6 Å². The lowest BCUT2D eigenvalue weighted by atomic mass is 9.67. The fourth-order valence-electron chi connectivity index (χ4n) is 4.36. The smallest absolute Gasteiger partial charge is 0.270 e. The second-order valence-corrected chi connectivity index (χ2v) is 7.03. The average molecular weight is 398 g/mol. The van der Waals surface area contributed by atoms with Gasteiger partial charge in [0.2, 0.25) is 0 Å². The Balaban J connectivity index is 0.00000121. The Labute approximate surface area is 165 Å². The summed E-state index contributed by atoms with van der Waals surface area (Å²) in [5.74, 6) is 0.915. The van der Waals surface area contributed by atoms with Crippen LogP contribution in [-0.4, -0.2) is 32.8 Å². The van der Waals surface area contributed by atoms with Gasteiger partial charge in [0.25, 0.3) is 5.91 Å². The second kappa shape index (κ2) is 8.84. The fourth-order valence-corrected chi connectivity index (χ4v) is 4.36. The van der Waals surface area contributed by atoms with Gasteiger partial charge in [0.05, 0.1) is 5.69 Å². The van der Waals surface area contributed by atoms with Crippen molar-refractivity contribution < 1.29 is 4.79 Å². The molecule has 2 unspecified atom stereocenters. The lowest BCUT2D eigenvalue weighted by Crippen LogP contribution is -2.53. The number of hydrogen-bond donors (Lipinski definition) is 2. The minimum absolute atomic E-state index is 0. The molecule has 2 saturated carbocycles. The van der Waals surface area contributed by atoms with Crippen LogP contribution in [0.4, 0.5) is 0 Å². The summed E-state index contributed by atoms with van der Waals surface area (Å²) in [5, 5.41) is 7.44. The summed E-state index contributed by atoms with van der Waals surface area (Å²) >= 11 is 0. The minimum atomic E-state index is -0.0959. The Morgan fingerprint density at radius 3 is 2.58 bits per heavy atom. The van der Waals surface area contributed by atoms with Crippen LogP contribution in [0.3, 0.4) is 0 Å². The number of amides is 1. The fraction of sp³-hybridized carbons (Fsp3) is 0.500. The largest absolute Gasteiger partial charge is 0.347 e. The van der Waals surface area contributed by atoms with E-state index in [2.05, 4.69) is 15.4 Å². The van der Waals surface area contributed by atoms with Crippen LogP contribution >= 0.6 is 24.8 Å². The van der Waals surface area contributed by atoms with E-state index in [1.165, 1.54) is 6.42 Å². The van der Waals surface area contributed by atoms with Crippen molar-refractivity contribution >= 4 is 30.7 Å². The molecule has 0 aromatic carbocycles. The number of fused-ring (bicyclic) bond motifs is 2.